The molecule has 0 aliphatic rings. The lowest BCUT2D eigenvalue weighted by molar-refractivity contribution is -0.139. The maximum Gasteiger partial charge on any atom is 0.322 e. The molecule has 9 N–H and O–H groups in total. The Labute approximate surface area is 196 Å². The SMILES string of the molecule is Cn1cnc(SSC[C@H](NC(=O)CC[C@H](N)C(=O)O)C(=O)NCC(=O)O)c1C[C@H](N)C(=O)O. The second-order valence-corrected chi connectivity index (χ2v) is 9.17. The van der Waals surface area contributed by atoms with Gasteiger partial charge in [-0.3, -0.25) is 24.0 Å². The van der Waals surface area contributed by atoms with Gasteiger partial charge in [0.1, 0.15) is 29.7 Å². The number of carbonyl (C=O) groups is 5. The number of hydrogen-bond donors (Lipinski definition) is 7. The van der Waals surface area contributed by atoms with E-state index >= 15 is 0 Å². The normalized spacial score (nSPS) is 13.5. The van der Waals surface area contributed by atoms with E-state index < -0.39 is 54.4 Å². The highest BCUT2D eigenvalue weighted by atomic mass is 33.1. The van der Waals surface area contributed by atoms with E-state index in [2.05, 4.69) is 15.6 Å². The van der Waals surface area contributed by atoms with Gasteiger partial charge in [0.25, 0.3) is 0 Å². The maximum atomic E-state index is 12.3. The fraction of sp³-hybridized carbons (Fsp3) is 0.529. The van der Waals surface area contributed by atoms with E-state index in [4.69, 9.17) is 26.8 Å². The number of carboxylic acid groups (broad SMARTS) is 3. The van der Waals surface area contributed by atoms with Gasteiger partial charge in [-0.05, 0) is 17.2 Å². The molecule has 0 spiro atoms. The first-order valence-electron chi connectivity index (χ1n) is 9.47. The Balaban J connectivity index is 2.77. The molecular formula is C17H26N6O8S2. The third-order valence-electron chi connectivity index (χ3n) is 4.19. The van der Waals surface area contributed by atoms with Gasteiger partial charge < -0.3 is 42.0 Å². The summed E-state index contributed by atoms with van der Waals surface area (Å²) >= 11 is 0. The van der Waals surface area contributed by atoms with Gasteiger partial charge in [-0.1, -0.05) is 10.8 Å². The zero-order chi connectivity index (χ0) is 25.1. The maximum absolute atomic E-state index is 12.3. The van der Waals surface area contributed by atoms with Crippen molar-refractivity contribution in [3.8, 4) is 0 Å². The number of rotatable bonds is 15. The Hall–Kier alpha value is -2.82. The van der Waals surface area contributed by atoms with Crippen molar-refractivity contribution in [3.05, 3.63) is 12.0 Å². The molecule has 0 saturated carbocycles. The molecule has 0 radical (unpaired) electrons. The molecule has 16 heteroatoms. The number of carboxylic acids is 3. The van der Waals surface area contributed by atoms with E-state index in [1.54, 1.807) is 11.6 Å². The number of carbonyl (C=O) groups excluding carboxylic acids is 2. The summed E-state index contributed by atoms with van der Waals surface area (Å²) in [5.41, 5.74) is 11.5. The van der Waals surface area contributed by atoms with Crippen LogP contribution in [0.2, 0.25) is 0 Å². The second-order valence-electron chi connectivity index (χ2n) is 6.84. The number of aryl methyl sites for hydroxylation is 1. The molecule has 0 unspecified atom stereocenters. The third-order valence-corrected chi connectivity index (χ3v) is 6.51. The first-order valence-corrected chi connectivity index (χ1v) is 11.8. The van der Waals surface area contributed by atoms with Crippen LogP contribution in [0, 0.1) is 0 Å². The van der Waals surface area contributed by atoms with Crippen molar-refractivity contribution in [2.24, 2.45) is 18.5 Å². The minimum atomic E-state index is -1.27. The standard InChI is InChI=1S/C17H26N6O8S2/c1-23-7-21-15(11(23)4-9(19)17(30)31)33-32-6-10(14(27)20-5-13(25)26)22-12(24)3-2-8(18)16(28)29/h7-10H,2-6,18-19H2,1H3,(H,20,27)(H,22,24)(H,25,26)(H,28,29)(H,30,31)/t8-,9-,10-/m0/s1. The number of aromatic nitrogens is 2. The molecule has 1 aromatic heterocycles. The summed E-state index contributed by atoms with van der Waals surface area (Å²) in [6.45, 7) is -0.648. The van der Waals surface area contributed by atoms with E-state index in [0.717, 1.165) is 21.6 Å². The van der Waals surface area contributed by atoms with E-state index in [1.807, 2.05) is 0 Å². The minimum Gasteiger partial charge on any atom is -0.480 e. The fourth-order valence-corrected chi connectivity index (χ4v) is 4.66. The molecule has 1 aromatic rings. The highest BCUT2D eigenvalue weighted by Gasteiger charge is 2.24. The Morgan fingerprint density at radius 3 is 2.33 bits per heavy atom. The van der Waals surface area contributed by atoms with Crippen LogP contribution in [0.1, 0.15) is 18.5 Å². The molecule has 33 heavy (non-hydrogen) atoms. The zero-order valence-corrected chi connectivity index (χ0v) is 19.2. The van der Waals surface area contributed by atoms with Crippen molar-refractivity contribution in [3.63, 3.8) is 0 Å². The van der Waals surface area contributed by atoms with Crippen LogP contribution < -0.4 is 22.1 Å². The first-order chi connectivity index (χ1) is 15.4. The number of aliphatic carboxylic acids is 3. The summed E-state index contributed by atoms with van der Waals surface area (Å²) in [5, 5.41) is 31.6. The molecule has 0 bridgehead atoms. The largest absolute Gasteiger partial charge is 0.480 e. The minimum absolute atomic E-state index is 0.00778. The van der Waals surface area contributed by atoms with Gasteiger partial charge in [0, 0.05) is 25.6 Å². The smallest absolute Gasteiger partial charge is 0.322 e. The van der Waals surface area contributed by atoms with E-state index in [1.165, 1.54) is 6.33 Å². The lowest BCUT2D eigenvalue weighted by Crippen LogP contribution is -2.49. The van der Waals surface area contributed by atoms with E-state index in [0.29, 0.717) is 10.7 Å². The lowest BCUT2D eigenvalue weighted by Gasteiger charge is -2.18. The van der Waals surface area contributed by atoms with Crippen LogP contribution in [0.3, 0.4) is 0 Å². The number of nitrogens with zero attached hydrogens (tertiary/aromatic N) is 2. The van der Waals surface area contributed by atoms with Crippen LogP contribution in [0.4, 0.5) is 0 Å². The molecule has 14 nitrogen and oxygen atoms in total. The van der Waals surface area contributed by atoms with Crippen LogP contribution >= 0.6 is 21.6 Å². The Bertz CT molecular complexity index is 880. The summed E-state index contributed by atoms with van der Waals surface area (Å²) in [4.78, 5) is 61.2. The fourth-order valence-electron chi connectivity index (χ4n) is 2.33. The molecule has 0 aliphatic carbocycles. The molecule has 0 fully saturated rings. The molecule has 3 atom stereocenters. The summed E-state index contributed by atoms with van der Waals surface area (Å²) < 4.78 is 1.62. The third kappa shape index (κ3) is 10.1. The van der Waals surface area contributed by atoms with Crippen LogP contribution in [-0.4, -0.2) is 85.0 Å². The van der Waals surface area contributed by atoms with Crippen molar-refractivity contribution in [2.75, 3.05) is 12.3 Å². The van der Waals surface area contributed by atoms with Crippen molar-refractivity contribution >= 4 is 51.3 Å². The molecule has 1 heterocycles. The number of nitrogens with one attached hydrogen (secondary N) is 2. The summed E-state index contributed by atoms with van der Waals surface area (Å²) in [7, 11) is 3.93. The first kappa shape index (κ1) is 28.2. The number of imidazole rings is 1. The van der Waals surface area contributed by atoms with Gasteiger partial charge in [0.15, 0.2) is 0 Å². The van der Waals surface area contributed by atoms with Gasteiger partial charge in [-0.25, -0.2) is 4.98 Å². The van der Waals surface area contributed by atoms with Crippen LogP contribution in [0.25, 0.3) is 0 Å². The quantitative estimate of drug-likeness (QED) is 0.127. The number of hydrogen-bond acceptors (Lipinski definition) is 10. The summed E-state index contributed by atoms with van der Waals surface area (Å²) in [5.74, 6) is -5.06. The van der Waals surface area contributed by atoms with E-state index in [9.17, 15) is 24.0 Å². The van der Waals surface area contributed by atoms with Gasteiger partial charge >= 0.3 is 17.9 Å². The predicted octanol–water partition coefficient (Wildman–Crippen LogP) is -2.01. The molecular weight excluding hydrogens is 480 g/mol. The Kier molecular flexibility index (Phi) is 11.7. The van der Waals surface area contributed by atoms with Crippen molar-refractivity contribution in [1.82, 2.24) is 20.2 Å². The van der Waals surface area contributed by atoms with Crippen LogP contribution in [0.15, 0.2) is 11.4 Å². The van der Waals surface area contributed by atoms with Crippen molar-refractivity contribution in [2.45, 2.75) is 42.4 Å². The van der Waals surface area contributed by atoms with Crippen LogP contribution in [0.5, 0.6) is 0 Å². The van der Waals surface area contributed by atoms with Crippen molar-refractivity contribution in [1.29, 1.82) is 0 Å². The number of amides is 2. The summed E-state index contributed by atoms with van der Waals surface area (Å²) in [6.07, 6.45) is 1.12. The average Bonchev–Trinajstić information content (AvgIpc) is 3.08. The molecule has 0 saturated heterocycles. The topological polar surface area (TPSA) is 240 Å². The van der Waals surface area contributed by atoms with Gasteiger partial charge in [0.05, 0.1) is 12.0 Å². The lowest BCUT2D eigenvalue weighted by atomic mass is 10.1. The molecule has 1 rings (SSSR count). The molecule has 0 aliphatic heterocycles. The Morgan fingerprint density at radius 1 is 1.12 bits per heavy atom. The van der Waals surface area contributed by atoms with Crippen molar-refractivity contribution < 1.29 is 39.3 Å². The Morgan fingerprint density at radius 2 is 1.76 bits per heavy atom. The van der Waals surface area contributed by atoms with Crippen LogP contribution in [-0.2, 0) is 37.4 Å². The van der Waals surface area contributed by atoms with Gasteiger partial charge in [0.2, 0.25) is 11.8 Å². The molecule has 2 amide bonds. The molecule has 0 aromatic carbocycles. The van der Waals surface area contributed by atoms with Gasteiger partial charge in [-0.2, -0.15) is 0 Å². The highest BCUT2D eigenvalue weighted by molar-refractivity contribution is 8.76. The summed E-state index contributed by atoms with van der Waals surface area (Å²) in [6, 6.07) is -3.49. The second kappa shape index (κ2) is 13.7. The van der Waals surface area contributed by atoms with E-state index in [-0.39, 0.29) is 25.0 Å². The predicted molar refractivity (Wildman–Crippen MR) is 118 cm³/mol. The molecule has 184 valence electrons. The zero-order valence-electron chi connectivity index (χ0n) is 17.6. The van der Waals surface area contributed by atoms with Gasteiger partial charge in [-0.15, -0.1) is 0 Å². The number of nitrogens with two attached hydrogens (primary N) is 2. The average molecular weight is 507 g/mol. The monoisotopic (exact) mass is 506 g/mol. The highest BCUT2D eigenvalue weighted by Crippen LogP contribution is 2.33.